The fourth-order valence-electron chi connectivity index (χ4n) is 3.47. The summed E-state index contributed by atoms with van der Waals surface area (Å²) in [5.41, 5.74) is 9.03. The lowest BCUT2D eigenvalue weighted by molar-refractivity contribution is 0.360. The van der Waals surface area contributed by atoms with Gasteiger partial charge >= 0.3 is 0 Å². The molecule has 1 aromatic heterocycles. The Bertz CT molecular complexity index is 1400. The Hall–Kier alpha value is -3.38. The summed E-state index contributed by atoms with van der Waals surface area (Å²) in [4.78, 5) is 13.0. The van der Waals surface area contributed by atoms with Gasteiger partial charge in [0.15, 0.2) is 5.13 Å². The van der Waals surface area contributed by atoms with Crippen LogP contribution in [0.3, 0.4) is 0 Å². The predicted molar refractivity (Wildman–Crippen MR) is 146 cm³/mol. The summed E-state index contributed by atoms with van der Waals surface area (Å²) in [6.45, 7) is 6.26. The first-order valence-electron chi connectivity index (χ1n) is 11.0. The third kappa shape index (κ3) is 6.20. The Morgan fingerprint density at radius 3 is 2.69 bits per heavy atom. The van der Waals surface area contributed by atoms with Gasteiger partial charge in [0.25, 0.3) is 0 Å². The number of aromatic nitrogens is 1. The van der Waals surface area contributed by atoms with E-state index in [4.69, 9.17) is 5.73 Å². The zero-order valence-corrected chi connectivity index (χ0v) is 20.9. The van der Waals surface area contributed by atoms with Crippen LogP contribution in [-0.4, -0.2) is 63.1 Å². The van der Waals surface area contributed by atoms with Gasteiger partial charge in [-0.1, -0.05) is 36.1 Å². The molecule has 0 radical (unpaired) electrons. The average molecular weight is 510 g/mol. The maximum Gasteiger partial charge on any atom is 0.243 e. The van der Waals surface area contributed by atoms with Gasteiger partial charge in [0.2, 0.25) is 16.0 Å². The number of hydrogen-bond acceptors (Lipinski definition) is 7. The van der Waals surface area contributed by atoms with Gasteiger partial charge < -0.3 is 16.4 Å². The molecule has 0 spiro atoms. The van der Waals surface area contributed by atoms with Crippen LogP contribution >= 0.6 is 11.3 Å². The highest BCUT2D eigenvalue weighted by molar-refractivity contribution is 7.89. The molecule has 0 saturated carbocycles. The SMILES string of the molecule is C=C(/C=N\C(=NC)Nc1ccc(S(=O)(=O)N2CCNCC2)cc1)/C=C/c1ccc2nc(N)sc2c1. The van der Waals surface area contributed by atoms with Crippen molar-refractivity contribution in [2.24, 2.45) is 9.98 Å². The molecule has 0 amide bonds. The van der Waals surface area contributed by atoms with Gasteiger partial charge in [0.05, 0.1) is 15.1 Å². The van der Waals surface area contributed by atoms with Crippen LogP contribution in [0, 0.1) is 0 Å². The Kier molecular flexibility index (Phi) is 7.71. The zero-order chi connectivity index (χ0) is 24.8. The van der Waals surface area contributed by atoms with E-state index in [9.17, 15) is 8.42 Å². The number of hydrogen-bond donors (Lipinski definition) is 3. The van der Waals surface area contributed by atoms with Crippen molar-refractivity contribution in [2.75, 3.05) is 44.3 Å². The summed E-state index contributed by atoms with van der Waals surface area (Å²) in [6.07, 6.45) is 5.41. The molecule has 0 aliphatic carbocycles. The molecule has 0 unspecified atom stereocenters. The fourth-order valence-corrected chi connectivity index (χ4v) is 5.70. The minimum absolute atomic E-state index is 0.265. The number of thiazole rings is 1. The van der Waals surface area contributed by atoms with Crippen LogP contribution < -0.4 is 16.4 Å². The minimum atomic E-state index is -3.50. The van der Waals surface area contributed by atoms with Gasteiger partial charge in [0.1, 0.15) is 0 Å². The highest BCUT2D eigenvalue weighted by Crippen LogP contribution is 2.25. The van der Waals surface area contributed by atoms with Crippen LogP contribution in [0.4, 0.5) is 10.8 Å². The summed E-state index contributed by atoms with van der Waals surface area (Å²) in [5.74, 6) is 0.374. The van der Waals surface area contributed by atoms with Crippen molar-refractivity contribution >= 4 is 60.6 Å². The van der Waals surface area contributed by atoms with Gasteiger partial charge in [-0.2, -0.15) is 4.31 Å². The molecule has 3 aromatic rings. The molecule has 9 nitrogen and oxygen atoms in total. The number of nitrogen functional groups attached to an aromatic ring is 1. The number of sulfonamides is 1. The topological polar surface area (TPSA) is 125 Å². The largest absolute Gasteiger partial charge is 0.375 e. The normalized spacial score (nSPS) is 15.9. The molecular weight excluding hydrogens is 482 g/mol. The summed E-state index contributed by atoms with van der Waals surface area (Å²) >= 11 is 1.45. The van der Waals surface area contributed by atoms with Crippen molar-refractivity contribution < 1.29 is 8.42 Å². The summed E-state index contributed by atoms with van der Waals surface area (Å²) in [5, 5.41) is 6.80. The highest BCUT2D eigenvalue weighted by Gasteiger charge is 2.25. The van der Waals surface area contributed by atoms with E-state index >= 15 is 0 Å². The van der Waals surface area contributed by atoms with E-state index in [-0.39, 0.29) is 4.90 Å². The van der Waals surface area contributed by atoms with Gasteiger partial charge in [0, 0.05) is 45.1 Å². The van der Waals surface area contributed by atoms with Gasteiger partial charge in [-0.15, -0.1) is 0 Å². The van der Waals surface area contributed by atoms with Crippen molar-refractivity contribution in [2.45, 2.75) is 4.90 Å². The molecule has 0 atom stereocenters. The van der Waals surface area contributed by atoms with E-state index in [1.165, 1.54) is 15.6 Å². The molecule has 4 N–H and O–H groups in total. The van der Waals surface area contributed by atoms with Crippen molar-refractivity contribution in [3.05, 3.63) is 66.3 Å². The van der Waals surface area contributed by atoms with Crippen LogP contribution in [0.15, 0.2) is 75.6 Å². The molecule has 1 fully saturated rings. The van der Waals surface area contributed by atoms with Crippen molar-refractivity contribution in [3.63, 3.8) is 0 Å². The molecule has 2 heterocycles. The zero-order valence-electron chi connectivity index (χ0n) is 19.3. The summed E-state index contributed by atoms with van der Waals surface area (Å²) in [7, 11) is -1.87. The lowest BCUT2D eigenvalue weighted by Gasteiger charge is -2.26. The van der Waals surface area contributed by atoms with E-state index in [1.807, 2.05) is 30.4 Å². The maximum atomic E-state index is 12.8. The number of nitrogens with two attached hydrogens (primary N) is 1. The Labute approximate surface area is 208 Å². The molecule has 1 aliphatic heterocycles. The number of nitrogens with zero attached hydrogens (tertiary/aromatic N) is 4. The number of anilines is 2. The summed E-state index contributed by atoms with van der Waals surface area (Å²) in [6, 6.07) is 12.5. The molecule has 182 valence electrons. The molecular formula is C24H27N7O2S2. The number of guanidine groups is 1. The number of nitrogens with one attached hydrogen (secondary N) is 2. The Balaban J connectivity index is 1.36. The monoisotopic (exact) mass is 509 g/mol. The molecule has 4 rings (SSSR count). The van der Waals surface area contributed by atoms with Crippen LogP contribution in [0.1, 0.15) is 5.56 Å². The molecule has 0 bridgehead atoms. The second-order valence-electron chi connectivity index (χ2n) is 7.80. The molecule has 1 saturated heterocycles. The molecule has 11 heteroatoms. The van der Waals surface area contributed by atoms with Crippen molar-refractivity contribution in [1.82, 2.24) is 14.6 Å². The minimum Gasteiger partial charge on any atom is -0.375 e. The number of piperazine rings is 1. The second-order valence-corrected chi connectivity index (χ2v) is 10.8. The standard InChI is InChI=1S/C24H27N7O2S2/c1-17(3-4-18-5-10-21-22(15-18)34-23(25)30-21)16-28-24(26-2)29-19-6-8-20(9-7-19)35(32,33)31-13-11-27-12-14-31/h3-10,15-16,27H,1,11-14H2,2H3,(H2,25,30)(H,26,29)/b4-3+,28-16-. The van der Waals surface area contributed by atoms with Crippen LogP contribution in [-0.2, 0) is 10.0 Å². The number of fused-ring (bicyclic) bond motifs is 1. The predicted octanol–water partition coefficient (Wildman–Crippen LogP) is 3.21. The van der Waals surface area contributed by atoms with Crippen molar-refractivity contribution in [1.29, 1.82) is 0 Å². The molecule has 2 aromatic carbocycles. The van der Waals surface area contributed by atoms with Crippen LogP contribution in [0.5, 0.6) is 0 Å². The van der Waals surface area contributed by atoms with E-state index in [0.717, 1.165) is 15.8 Å². The third-order valence-corrected chi connectivity index (χ3v) is 8.07. The lowest BCUT2D eigenvalue weighted by Crippen LogP contribution is -2.46. The highest BCUT2D eigenvalue weighted by atomic mass is 32.2. The first-order valence-corrected chi connectivity index (χ1v) is 13.2. The van der Waals surface area contributed by atoms with Crippen LogP contribution in [0.25, 0.3) is 16.3 Å². The number of allylic oxidation sites excluding steroid dienone is 2. The lowest BCUT2D eigenvalue weighted by atomic mass is 10.1. The average Bonchev–Trinajstić information content (AvgIpc) is 3.25. The first-order chi connectivity index (χ1) is 16.8. The van der Waals surface area contributed by atoms with Gasteiger partial charge in [-0.3, -0.25) is 4.99 Å². The van der Waals surface area contributed by atoms with E-state index in [2.05, 4.69) is 32.2 Å². The van der Waals surface area contributed by atoms with E-state index in [1.54, 1.807) is 37.5 Å². The number of rotatable bonds is 6. The third-order valence-electron chi connectivity index (χ3n) is 5.31. The van der Waals surface area contributed by atoms with Crippen LogP contribution in [0.2, 0.25) is 0 Å². The number of benzene rings is 2. The van der Waals surface area contributed by atoms with E-state index in [0.29, 0.717) is 48.5 Å². The van der Waals surface area contributed by atoms with Gasteiger partial charge in [-0.05, 0) is 47.5 Å². The fraction of sp³-hybridized carbons (Fsp3) is 0.208. The quantitative estimate of drug-likeness (QED) is 0.266. The van der Waals surface area contributed by atoms with E-state index < -0.39 is 10.0 Å². The maximum absolute atomic E-state index is 12.8. The van der Waals surface area contributed by atoms with Gasteiger partial charge in [-0.25, -0.2) is 18.4 Å². The molecule has 1 aliphatic rings. The second kappa shape index (κ2) is 10.9. The Morgan fingerprint density at radius 2 is 1.97 bits per heavy atom. The number of aliphatic imine (C=N–C) groups is 2. The smallest absolute Gasteiger partial charge is 0.243 e. The molecule has 35 heavy (non-hydrogen) atoms. The van der Waals surface area contributed by atoms with Crippen molar-refractivity contribution in [3.8, 4) is 0 Å². The first kappa shape index (κ1) is 24.7. The summed E-state index contributed by atoms with van der Waals surface area (Å²) < 4.78 is 28.1. The Morgan fingerprint density at radius 1 is 1.23 bits per heavy atom.